The van der Waals surface area contributed by atoms with Crippen molar-refractivity contribution in [1.29, 1.82) is 0 Å². The topological polar surface area (TPSA) is 108 Å². The number of anilines is 3. The zero-order valence-electron chi connectivity index (χ0n) is 20.9. The summed E-state index contributed by atoms with van der Waals surface area (Å²) in [6.45, 7) is 0.815. The van der Waals surface area contributed by atoms with Crippen molar-refractivity contribution < 1.29 is 18.8 Å². The Kier molecular flexibility index (Phi) is 7.06. The number of fused-ring (bicyclic) bond motifs is 1. The lowest BCUT2D eigenvalue weighted by Crippen LogP contribution is -2.40. The number of furan rings is 1. The summed E-state index contributed by atoms with van der Waals surface area (Å²) >= 11 is 5.91. The Morgan fingerprint density at radius 2 is 1.89 bits per heavy atom. The van der Waals surface area contributed by atoms with Crippen LogP contribution in [0.25, 0.3) is 11.0 Å². The van der Waals surface area contributed by atoms with Crippen molar-refractivity contribution in [3.63, 3.8) is 0 Å². The van der Waals surface area contributed by atoms with Crippen molar-refractivity contribution >= 4 is 57.5 Å². The fourth-order valence-corrected chi connectivity index (χ4v) is 5.45. The molecule has 10 heteroatoms. The molecule has 0 bridgehead atoms. The Balaban J connectivity index is 1.40. The van der Waals surface area contributed by atoms with Gasteiger partial charge < -0.3 is 24.9 Å². The summed E-state index contributed by atoms with van der Waals surface area (Å²) in [6.07, 6.45) is 5.95. The minimum absolute atomic E-state index is 0.00532. The SMILES string of the molecule is CN(C)c1cccc2oc(C(=O)Nc3ccc(Cl)cn3)c(NC(=O)[C@H]3CC[C@H](N4CCCC4=O)CC3)c12. The highest BCUT2D eigenvalue weighted by atomic mass is 35.5. The van der Waals surface area contributed by atoms with Crippen molar-refractivity contribution in [3.8, 4) is 0 Å². The van der Waals surface area contributed by atoms with E-state index in [9.17, 15) is 14.4 Å². The van der Waals surface area contributed by atoms with Crippen molar-refractivity contribution in [1.82, 2.24) is 9.88 Å². The molecule has 0 unspecified atom stereocenters. The summed E-state index contributed by atoms with van der Waals surface area (Å²) in [6, 6.07) is 8.96. The molecular formula is C27H30ClN5O4. The summed E-state index contributed by atoms with van der Waals surface area (Å²) in [7, 11) is 3.79. The number of amides is 3. The number of aromatic nitrogens is 1. The van der Waals surface area contributed by atoms with Crippen molar-refractivity contribution in [3.05, 3.63) is 47.3 Å². The van der Waals surface area contributed by atoms with Crippen LogP contribution in [0.4, 0.5) is 17.2 Å². The number of halogens is 1. The Morgan fingerprint density at radius 3 is 2.54 bits per heavy atom. The largest absolute Gasteiger partial charge is 0.449 e. The van der Waals surface area contributed by atoms with E-state index in [1.54, 1.807) is 18.2 Å². The van der Waals surface area contributed by atoms with E-state index >= 15 is 0 Å². The van der Waals surface area contributed by atoms with Gasteiger partial charge in [-0.25, -0.2) is 4.98 Å². The predicted octanol–water partition coefficient (Wildman–Crippen LogP) is 4.92. The third-order valence-corrected chi connectivity index (χ3v) is 7.44. The van der Waals surface area contributed by atoms with E-state index in [0.717, 1.165) is 31.5 Å². The van der Waals surface area contributed by atoms with Crippen LogP contribution in [-0.4, -0.2) is 54.3 Å². The van der Waals surface area contributed by atoms with Gasteiger partial charge in [-0.05, 0) is 56.4 Å². The van der Waals surface area contributed by atoms with Crippen molar-refractivity contribution in [2.45, 2.75) is 44.6 Å². The van der Waals surface area contributed by atoms with Crippen LogP contribution in [0, 0.1) is 5.92 Å². The van der Waals surface area contributed by atoms with E-state index in [1.807, 2.05) is 36.0 Å². The molecule has 1 aliphatic carbocycles. The second-order valence-electron chi connectivity index (χ2n) is 9.85. The molecule has 3 amide bonds. The summed E-state index contributed by atoms with van der Waals surface area (Å²) < 4.78 is 5.98. The maximum atomic E-state index is 13.4. The monoisotopic (exact) mass is 523 g/mol. The highest BCUT2D eigenvalue weighted by Gasteiger charge is 2.34. The van der Waals surface area contributed by atoms with Gasteiger partial charge in [0.2, 0.25) is 17.6 Å². The molecule has 0 atom stereocenters. The molecule has 5 rings (SSSR count). The summed E-state index contributed by atoms with van der Waals surface area (Å²) in [5.74, 6) is -0.344. The number of benzene rings is 1. The number of nitrogens with one attached hydrogen (secondary N) is 2. The quantitative estimate of drug-likeness (QED) is 0.475. The molecule has 1 saturated heterocycles. The first-order valence-electron chi connectivity index (χ1n) is 12.6. The van der Waals surface area contributed by atoms with E-state index in [4.69, 9.17) is 16.0 Å². The molecule has 0 spiro atoms. The number of pyridine rings is 1. The lowest BCUT2D eigenvalue weighted by atomic mass is 9.84. The molecular weight excluding hydrogens is 494 g/mol. The fraction of sp³-hybridized carbons (Fsp3) is 0.407. The van der Waals surface area contributed by atoms with Crippen molar-refractivity contribution in [2.24, 2.45) is 5.92 Å². The van der Waals surface area contributed by atoms with Gasteiger partial charge in [-0.15, -0.1) is 0 Å². The maximum Gasteiger partial charge on any atom is 0.294 e. The molecule has 1 aromatic carbocycles. The van der Waals surface area contributed by atoms with E-state index in [0.29, 0.717) is 46.8 Å². The highest BCUT2D eigenvalue weighted by Crippen LogP contribution is 2.39. The number of nitrogens with zero attached hydrogens (tertiary/aromatic N) is 3. The van der Waals surface area contributed by atoms with Gasteiger partial charge in [-0.2, -0.15) is 0 Å². The number of carbonyl (C=O) groups excluding carboxylic acids is 3. The van der Waals surface area contributed by atoms with E-state index in [2.05, 4.69) is 15.6 Å². The Morgan fingerprint density at radius 1 is 1.11 bits per heavy atom. The van der Waals surface area contributed by atoms with Crippen LogP contribution in [0.3, 0.4) is 0 Å². The number of hydrogen-bond acceptors (Lipinski definition) is 6. The Bertz CT molecular complexity index is 1330. The maximum absolute atomic E-state index is 13.4. The van der Waals surface area contributed by atoms with Gasteiger partial charge in [0.05, 0.1) is 10.4 Å². The normalized spacial score (nSPS) is 19.8. The summed E-state index contributed by atoms with van der Waals surface area (Å²) in [5.41, 5.74) is 1.65. The molecule has 2 N–H and O–H groups in total. The molecule has 2 aromatic heterocycles. The molecule has 194 valence electrons. The van der Waals surface area contributed by atoms with Crippen LogP contribution in [0.1, 0.15) is 49.1 Å². The third kappa shape index (κ3) is 5.13. The average Bonchev–Trinajstić information content (AvgIpc) is 3.49. The zero-order chi connectivity index (χ0) is 26.1. The van der Waals surface area contributed by atoms with Gasteiger partial charge in [-0.3, -0.25) is 14.4 Å². The van der Waals surface area contributed by atoms with Gasteiger partial charge in [0.15, 0.2) is 0 Å². The molecule has 3 heterocycles. The first-order chi connectivity index (χ1) is 17.8. The van der Waals surface area contributed by atoms with Gasteiger partial charge in [0.1, 0.15) is 17.1 Å². The van der Waals surface area contributed by atoms with Gasteiger partial charge in [0, 0.05) is 50.9 Å². The molecule has 2 aliphatic rings. The lowest BCUT2D eigenvalue weighted by molar-refractivity contribution is -0.130. The zero-order valence-corrected chi connectivity index (χ0v) is 21.7. The minimum Gasteiger partial charge on any atom is -0.449 e. The van der Waals surface area contributed by atoms with Gasteiger partial charge >= 0.3 is 0 Å². The lowest BCUT2D eigenvalue weighted by Gasteiger charge is -2.34. The number of likely N-dealkylation sites (tertiary alicyclic amines) is 1. The number of hydrogen-bond donors (Lipinski definition) is 2. The fourth-order valence-electron chi connectivity index (χ4n) is 5.34. The van der Waals surface area contributed by atoms with E-state index < -0.39 is 5.91 Å². The molecule has 9 nitrogen and oxygen atoms in total. The molecule has 2 fully saturated rings. The second-order valence-corrected chi connectivity index (χ2v) is 10.3. The Hall–Kier alpha value is -3.59. The van der Waals surface area contributed by atoms with Crippen LogP contribution < -0.4 is 15.5 Å². The minimum atomic E-state index is -0.526. The summed E-state index contributed by atoms with van der Waals surface area (Å²) in [5, 5.41) is 6.86. The van der Waals surface area contributed by atoms with Crippen LogP contribution in [0.15, 0.2) is 40.9 Å². The van der Waals surface area contributed by atoms with Crippen LogP contribution >= 0.6 is 11.6 Å². The van der Waals surface area contributed by atoms with Crippen molar-refractivity contribution in [2.75, 3.05) is 36.2 Å². The molecule has 37 heavy (non-hydrogen) atoms. The number of rotatable bonds is 6. The first kappa shape index (κ1) is 25.1. The molecule has 1 saturated carbocycles. The average molecular weight is 524 g/mol. The second kappa shape index (κ2) is 10.4. The Labute approximate surface area is 220 Å². The predicted molar refractivity (Wildman–Crippen MR) is 143 cm³/mol. The van der Waals surface area contributed by atoms with E-state index in [1.165, 1.54) is 6.20 Å². The number of carbonyl (C=O) groups is 3. The molecule has 0 radical (unpaired) electrons. The van der Waals surface area contributed by atoms with Gasteiger partial charge in [0.25, 0.3) is 5.91 Å². The summed E-state index contributed by atoms with van der Waals surface area (Å²) in [4.78, 5) is 46.9. The molecule has 1 aliphatic heterocycles. The van der Waals surface area contributed by atoms with Crippen LogP contribution in [0.2, 0.25) is 5.02 Å². The highest BCUT2D eigenvalue weighted by molar-refractivity contribution is 6.30. The third-order valence-electron chi connectivity index (χ3n) is 7.22. The smallest absolute Gasteiger partial charge is 0.294 e. The van der Waals surface area contributed by atoms with Crippen LogP contribution in [-0.2, 0) is 9.59 Å². The van der Waals surface area contributed by atoms with Crippen LogP contribution in [0.5, 0.6) is 0 Å². The first-order valence-corrected chi connectivity index (χ1v) is 13.0. The van der Waals surface area contributed by atoms with Gasteiger partial charge in [-0.1, -0.05) is 17.7 Å². The standard InChI is InChI=1S/C27H30ClN5O4/c1-32(2)19-5-3-6-20-23(19)24(25(37-20)27(36)30-21-13-10-17(28)15-29-21)31-26(35)16-8-11-18(12-9-16)33-14-4-7-22(33)34/h3,5-6,10,13,15-16,18H,4,7-9,11-12,14H2,1-2H3,(H,31,35)(H,29,30,36)/t16-,18-. The van der Waals surface area contributed by atoms with E-state index in [-0.39, 0.29) is 29.5 Å². The molecule has 3 aromatic rings.